The number of Topliss-reactive ketones (excluding diaryl/α,β-unsaturated/α-hetero) is 1. The van der Waals surface area contributed by atoms with Crippen molar-refractivity contribution in [2.45, 2.75) is 6.92 Å². The van der Waals surface area contributed by atoms with Crippen LogP contribution in [0.2, 0.25) is 0 Å². The van der Waals surface area contributed by atoms with Crippen LogP contribution in [0.4, 0.5) is 8.78 Å². The number of halogens is 2. The van der Waals surface area contributed by atoms with E-state index in [4.69, 9.17) is 0 Å². The monoisotopic (exact) mass is 184 g/mol. The lowest BCUT2D eigenvalue weighted by atomic mass is 10.1. The summed E-state index contributed by atoms with van der Waals surface area (Å²) in [4.78, 5) is 21.2. The molecule has 13 heavy (non-hydrogen) atoms. The van der Waals surface area contributed by atoms with E-state index in [1.165, 1.54) is 6.92 Å². The molecule has 2 nitrogen and oxygen atoms in total. The number of carbonyl (C=O) groups is 2. The van der Waals surface area contributed by atoms with Crippen LogP contribution >= 0.6 is 0 Å². The summed E-state index contributed by atoms with van der Waals surface area (Å²) in [6.07, 6.45) is 0.319. The summed E-state index contributed by atoms with van der Waals surface area (Å²) in [5.41, 5.74) is -0.236. The molecule has 0 spiro atoms. The minimum atomic E-state index is -1.13. The fourth-order valence-electron chi connectivity index (χ4n) is 0.965. The highest BCUT2D eigenvalue weighted by Gasteiger charge is 2.11. The zero-order valence-electron chi connectivity index (χ0n) is 6.80. The standard InChI is InChI=1S/C9H6F2O2/c1-5(13)7-3-9(11)8(10)2-6(7)4-12/h2-4H,1H3. The van der Waals surface area contributed by atoms with Crippen LogP contribution in [0.3, 0.4) is 0 Å². The third-order valence-corrected chi connectivity index (χ3v) is 1.60. The molecular formula is C9H6F2O2. The van der Waals surface area contributed by atoms with Crippen molar-refractivity contribution in [3.63, 3.8) is 0 Å². The van der Waals surface area contributed by atoms with E-state index in [0.717, 1.165) is 6.07 Å². The average Bonchev–Trinajstić information content (AvgIpc) is 2.08. The molecule has 0 fully saturated rings. The van der Waals surface area contributed by atoms with Gasteiger partial charge in [0, 0.05) is 11.1 Å². The predicted octanol–water partition coefficient (Wildman–Crippen LogP) is 1.98. The smallest absolute Gasteiger partial charge is 0.160 e. The van der Waals surface area contributed by atoms with E-state index >= 15 is 0 Å². The summed E-state index contributed by atoms with van der Waals surface area (Å²) in [5, 5.41) is 0. The number of benzene rings is 1. The van der Waals surface area contributed by atoms with Crippen molar-refractivity contribution in [3.8, 4) is 0 Å². The van der Waals surface area contributed by atoms with Crippen LogP contribution in [0.15, 0.2) is 12.1 Å². The predicted molar refractivity (Wildman–Crippen MR) is 41.8 cm³/mol. The van der Waals surface area contributed by atoms with E-state index < -0.39 is 17.4 Å². The number of carbonyl (C=O) groups excluding carboxylic acids is 2. The molecule has 0 amide bonds. The van der Waals surface area contributed by atoms with Crippen LogP contribution in [0, 0.1) is 11.6 Å². The van der Waals surface area contributed by atoms with E-state index in [0.29, 0.717) is 12.4 Å². The molecule has 4 heteroatoms. The zero-order chi connectivity index (χ0) is 10.0. The molecule has 0 saturated heterocycles. The molecule has 0 bridgehead atoms. The van der Waals surface area contributed by atoms with Gasteiger partial charge in [0.05, 0.1) is 0 Å². The first-order valence-electron chi connectivity index (χ1n) is 3.51. The summed E-state index contributed by atoms with van der Waals surface area (Å²) in [5.74, 6) is -2.73. The molecular weight excluding hydrogens is 178 g/mol. The summed E-state index contributed by atoms with van der Waals surface area (Å²) in [7, 11) is 0. The number of hydrogen-bond donors (Lipinski definition) is 0. The van der Waals surface area contributed by atoms with Gasteiger partial charge >= 0.3 is 0 Å². The molecule has 0 aliphatic carbocycles. The Morgan fingerprint density at radius 2 is 1.85 bits per heavy atom. The Kier molecular flexibility index (Phi) is 2.51. The van der Waals surface area contributed by atoms with Crippen LogP contribution in [0.5, 0.6) is 0 Å². The normalized spacial score (nSPS) is 9.77. The molecule has 0 radical (unpaired) electrons. The fourth-order valence-corrected chi connectivity index (χ4v) is 0.965. The van der Waals surface area contributed by atoms with Gasteiger partial charge in [0.15, 0.2) is 23.7 Å². The molecule has 0 atom stereocenters. The number of ketones is 1. The second-order valence-corrected chi connectivity index (χ2v) is 2.53. The quantitative estimate of drug-likeness (QED) is 0.520. The average molecular weight is 184 g/mol. The van der Waals surface area contributed by atoms with E-state index in [1.54, 1.807) is 0 Å². The molecule has 68 valence electrons. The Morgan fingerprint density at radius 1 is 1.31 bits per heavy atom. The second kappa shape index (κ2) is 3.43. The molecule has 0 aromatic heterocycles. The first kappa shape index (κ1) is 9.51. The summed E-state index contributed by atoms with van der Waals surface area (Å²) in [6, 6.07) is 1.43. The van der Waals surface area contributed by atoms with Gasteiger partial charge in [0.25, 0.3) is 0 Å². The highest BCUT2D eigenvalue weighted by molar-refractivity contribution is 6.01. The van der Waals surface area contributed by atoms with Gasteiger partial charge < -0.3 is 0 Å². The van der Waals surface area contributed by atoms with Gasteiger partial charge in [-0.25, -0.2) is 8.78 Å². The Bertz CT molecular complexity index is 372. The highest BCUT2D eigenvalue weighted by Crippen LogP contribution is 2.13. The fraction of sp³-hybridized carbons (Fsp3) is 0.111. The van der Waals surface area contributed by atoms with Gasteiger partial charge in [-0.05, 0) is 19.1 Å². The Morgan fingerprint density at radius 3 is 2.31 bits per heavy atom. The molecule has 1 rings (SSSR count). The first-order valence-corrected chi connectivity index (χ1v) is 3.51. The van der Waals surface area contributed by atoms with Crippen molar-refractivity contribution >= 4 is 12.1 Å². The van der Waals surface area contributed by atoms with Crippen molar-refractivity contribution in [1.82, 2.24) is 0 Å². The van der Waals surface area contributed by atoms with Gasteiger partial charge in [0.2, 0.25) is 0 Å². The van der Waals surface area contributed by atoms with Crippen LogP contribution in [-0.4, -0.2) is 12.1 Å². The minimum absolute atomic E-state index is 0.103. The summed E-state index contributed by atoms with van der Waals surface area (Å²) >= 11 is 0. The second-order valence-electron chi connectivity index (χ2n) is 2.53. The topological polar surface area (TPSA) is 34.1 Å². The van der Waals surface area contributed by atoms with Crippen LogP contribution < -0.4 is 0 Å². The molecule has 0 aliphatic rings. The lowest BCUT2D eigenvalue weighted by Crippen LogP contribution is -2.01. The lowest BCUT2D eigenvalue weighted by Gasteiger charge is -2.00. The lowest BCUT2D eigenvalue weighted by molar-refractivity contribution is 0.100. The Labute approximate surface area is 73.2 Å². The number of hydrogen-bond acceptors (Lipinski definition) is 2. The third-order valence-electron chi connectivity index (χ3n) is 1.60. The van der Waals surface area contributed by atoms with Gasteiger partial charge in [-0.3, -0.25) is 9.59 Å². The van der Waals surface area contributed by atoms with Crippen LogP contribution in [0.1, 0.15) is 27.6 Å². The maximum Gasteiger partial charge on any atom is 0.160 e. The minimum Gasteiger partial charge on any atom is -0.298 e. The number of aldehydes is 1. The molecule has 1 aromatic carbocycles. The molecule has 0 heterocycles. The van der Waals surface area contributed by atoms with E-state index in [9.17, 15) is 18.4 Å². The van der Waals surface area contributed by atoms with Crippen molar-refractivity contribution in [1.29, 1.82) is 0 Å². The first-order chi connectivity index (χ1) is 6.06. The Balaban J connectivity index is 3.41. The summed E-state index contributed by atoms with van der Waals surface area (Å²) in [6.45, 7) is 1.18. The number of rotatable bonds is 2. The van der Waals surface area contributed by atoms with Crippen LogP contribution in [-0.2, 0) is 0 Å². The SMILES string of the molecule is CC(=O)c1cc(F)c(F)cc1C=O. The molecule has 1 aromatic rings. The van der Waals surface area contributed by atoms with Crippen molar-refractivity contribution in [3.05, 3.63) is 34.9 Å². The summed E-state index contributed by atoms with van der Waals surface area (Å²) < 4.78 is 25.2. The molecule has 0 unspecified atom stereocenters. The van der Waals surface area contributed by atoms with Gasteiger partial charge in [-0.1, -0.05) is 0 Å². The Hall–Kier alpha value is -1.58. The van der Waals surface area contributed by atoms with Crippen molar-refractivity contribution in [2.75, 3.05) is 0 Å². The largest absolute Gasteiger partial charge is 0.298 e. The van der Waals surface area contributed by atoms with Crippen LogP contribution in [0.25, 0.3) is 0 Å². The van der Waals surface area contributed by atoms with Gasteiger partial charge in [-0.15, -0.1) is 0 Å². The van der Waals surface area contributed by atoms with Crippen molar-refractivity contribution < 1.29 is 18.4 Å². The third kappa shape index (κ3) is 1.77. The maximum absolute atomic E-state index is 12.6. The molecule has 0 N–H and O–H groups in total. The zero-order valence-corrected chi connectivity index (χ0v) is 6.80. The van der Waals surface area contributed by atoms with Crippen molar-refractivity contribution in [2.24, 2.45) is 0 Å². The maximum atomic E-state index is 12.6. The van der Waals surface area contributed by atoms with E-state index in [1.807, 2.05) is 0 Å². The van der Waals surface area contributed by atoms with E-state index in [-0.39, 0.29) is 11.1 Å². The van der Waals surface area contributed by atoms with E-state index in [2.05, 4.69) is 0 Å². The highest BCUT2D eigenvalue weighted by atomic mass is 19.2. The van der Waals surface area contributed by atoms with Gasteiger partial charge in [0.1, 0.15) is 0 Å². The molecule has 0 saturated carbocycles. The van der Waals surface area contributed by atoms with Gasteiger partial charge in [-0.2, -0.15) is 0 Å². The molecule has 0 aliphatic heterocycles.